The molecule has 0 unspecified atom stereocenters. The Hall–Kier alpha value is -2.21. The van der Waals surface area contributed by atoms with E-state index in [9.17, 15) is 4.79 Å². The molecule has 2 aromatic rings. The number of hydrogen-bond acceptors (Lipinski definition) is 5. The molecule has 1 saturated heterocycles. The van der Waals surface area contributed by atoms with Crippen LogP contribution >= 0.6 is 0 Å². The second kappa shape index (κ2) is 6.96. The highest BCUT2D eigenvalue weighted by atomic mass is 16.5. The third kappa shape index (κ3) is 3.58. The van der Waals surface area contributed by atoms with Crippen LogP contribution in [0.1, 0.15) is 30.7 Å². The van der Waals surface area contributed by atoms with Crippen LogP contribution in [0.15, 0.2) is 28.8 Å². The van der Waals surface area contributed by atoms with Crippen molar-refractivity contribution in [3.63, 3.8) is 0 Å². The zero-order valence-electron chi connectivity index (χ0n) is 14.6. The van der Waals surface area contributed by atoms with Gasteiger partial charge in [-0.3, -0.25) is 9.69 Å². The van der Waals surface area contributed by atoms with Gasteiger partial charge in [-0.1, -0.05) is 29.3 Å². The minimum atomic E-state index is 0.292. The van der Waals surface area contributed by atoms with Gasteiger partial charge in [0.05, 0.1) is 6.54 Å². The minimum Gasteiger partial charge on any atom is -0.340 e. The van der Waals surface area contributed by atoms with Crippen LogP contribution in [0.2, 0.25) is 0 Å². The smallest absolute Gasteiger partial charge is 0.257 e. The molecular weight excluding hydrogens is 316 g/mol. The second-order valence-corrected chi connectivity index (χ2v) is 7.11. The second-order valence-electron chi connectivity index (χ2n) is 7.11. The maximum Gasteiger partial charge on any atom is 0.257 e. The molecule has 0 atom stereocenters. The summed E-state index contributed by atoms with van der Waals surface area (Å²) in [6, 6.07) is 8.07. The van der Waals surface area contributed by atoms with Crippen LogP contribution in [0.4, 0.5) is 0 Å². The molecule has 0 N–H and O–H groups in total. The molecule has 1 aromatic heterocycles. The highest BCUT2D eigenvalue weighted by Crippen LogP contribution is 2.28. The van der Waals surface area contributed by atoms with Crippen molar-refractivity contribution in [2.45, 2.75) is 32.7 Å². The molecule has 1 aliphatic heterocycles. The SMILES string of the molecule is Cc1ccc(-c2nc(CN3CCN(C(=O)C4CCC4)CC3)no2)cc1. The van der Waals surface area contributed by atoms with Crippen LogP contribution in [0, 0.1) is 12.8 Å². The molecule has 132 valence electrons. The van der Waals surface area contributed by atoms with Crippen molar-refractivity contribution in [2.75, 3.05) is 26.2 Å². The standard InChI is InChI=1S/C19H24N4O2/c1-14-5-7-15(8-6-14)18-20-17(21-25-18)13-22-9-11-23(12-10-22)19(24)16-3-2-4-16/h5-8,16H,2-4,9-13H2,1H3. The fraction of sp³-hybridized carbons (Fsp3) is 0.526. The number of hydrogen-bond donors (Lipinski definition) is 0. The summed E-state index contributed by atoms with van der Waals surface area (Å²) >= 11 is 0. The van der Waals surface area contributed by atoms with Crippen molar-refractivity contribution in [1.82, 2.24) is 19.9 Å². The average molecular weight is 340 g/mol. The predicted molar refractivity (Wildman–Crippen MR) is 93.7 cm³/mol. The Morgan fingerprint density at radius 2 is 1.88 bits per heavy atom. The van der Waals surface area contributed by atoms with Crippen LogP contribution < -0.4 is 0 Å². The highest BCUT2D eigenvalue weighted by Gasteiger charge is 2.31. The minimum absolute atomic E-state index is 0.292. The number of carbonyl (C=O) groups excluding carboxylic acids is 1. The lowest BCUT2D eigenvalue weighted by Crippen LogP contribution is -2.50. The van der Waals surface area contributed by atoms with Gasteiger partial charge in [-0.25, -0.2) is 0 Å². The van der Waals surface area contributed by atoms with Crippen LogP contribution in [0.3, 0.4) is 0 Å². The number of rotatable bonds is 4. The van der Waals surface area contributed by atoms with E-state index in [-0.39, 0.29) is 0 Å². The largest absolute Gasteiger partial charge is 0.340 e. The van der Waals surface area contributed by atoms with Gasteiger partial charge in [0.2, 0.25) is 5.91 Å². The Morgan fingerprint density at radius 1 is 1.16 bits per heavy atom. The molecule has 0 radical (unpaired) electrons. The molecule has 0 bridgehead atoms. The number of benzene rings is 1. The Labute approximate surface area is 147 Å². The maximum atomic E-state index is 12.3. The summed E-state index contributed by atoms with van der Waals surface area (Å²) in [6.07, 6.45) is 3.35. The summed E-state index contributed by atoms with van der Waals surface area (Å²) in [5.41, 5.74) is 2.15. The molecule has 2 fully saturated rings. The lowest BCUT2D eigenvalue weighted by molar-refractivity contribution is -0.140. The average Bonchev–Trinajstić information content (AvgIpc) is 3.03. The zero-order valence-corrected chi connectivity index (χ0v) is 14.6. The fourth-order valence-electron chi connectivity index (χ4n) is 3.37. The predicted octanol–water partition coefficient (Wildman–Crippen LogP) is 2.49. The summed E-state index contributed by atoms with van der Waals surface area (Å²) < 4.78 is 5.39. The van der Waals surface area contributed by atoms with Crippen molar-refractivity contribution in [3.8, 4) is 11.5 Å². The molecule has 1 aliphatic carbocycles. The van der Waals surface area contributed by atoms with Crippen LogP contribution in [0.25, 0.3) is 11.5 Å². The van der Waals surface area contributed by atoms with Crippen LogP contribution in [-0.2, 0) is 11.3 Å². The lowest BCUT2D eigenvalue weighted by Gasteiger charge is -2.37. The van der Waals surface area contributed by atoms with Crippen LogP contribution in [0.5, 0.6) is 0 Å². The van der Waals surface area contributed by atoms with E-state index in [1.807, 2.05) is 29.2 Å². The van der Waals surface area contributed by atoms with Crippen molar-refractivity contribution >= 4 is 5.91 Å². The molecular formula is C19H24N4O2. The quantitative estimate of drug-likeness (QED) is 0.856. The molecule has 1 saturated carbocycles. The van der Waals surface area contributed by atoms with Crippen molar-refractivity contribution in [1.29, 1.82) is 0 Å². The van der Waals surface area contributed by atoms with Gasteiger partial charge in [-0.2, -0.15) is 4.98 Å². The third-order valence-electron chi connectivity index (χ3n) is 5.27. The van der Waals surface area contributed by atoms with E-state index in [0.29, 0.717) is 30.1 Å². The lowest BCUT2D eigenvalue weighted by atomic mass is 9.84. The van der Waals surface area contributed by atoms with Gasteiger partial charge in [0.15, 0.2) is 5.82 Å². The number of nitrogens with zero attached hydrogens (tertiary/aromatic N) is 4. The topological polar surface area (TPSA) is 62.5 Å². The van der Waals surface area contributed by atoms with E-state index in [1.54, 1.807) is 0 Å². The first kappa shape index (κ1) is 16.3. The van der Waals surface area contributed by atoms with Gasteiger partial charge in [-0.05, 0) is 31.9 Å². The molecule has 0 spiro atoms. The van der Waals surface area contributed by atoms with Gasteiger partial charge < -0.3 is 9.42 Å². The summed E-state index contributed by atoms with van der Waals surface area (Å²) in [6.45, 7) is 6.06. The zero-order chi connectivity index (χ0) is 17.2. The van der Waals surface area contributed by atoms with Gasteiger partial charge >= 0.3 is 0 Å². The number of aryl methyl sites for hydroxylation is 1. The fourth-order valence-corrected chi connectivity index (χ4v) is 3.37. The summed E-state index contributed by atoms with van der Waals surface area (Å²) in [5.74, 6) is 1.91. The van der Waals surface area contributed by atoms with Crippen LogP contribution in [-0.4, -0.2) is 52.0 Å². The van der Waals surface area contributed by atoms with E-state index in [0.717, 1.165) is 44.6 Å². The Bertz CT molecular complexity index is 728. The third-order valence-corrected chi connectivity index (χ3v) is 5.27. The molecule has 1 aromatic carbocycles. The molecule has 2 aliphatic rings. The van der Waals surface area contributed by atoms with E-state index >= 15 is 0 Å². The first-order valence-corrected chi connectivity index (χ1v) is 9.10. The van der Waals surface area contributed by atoms with Gasteiger partial charge in [-0.15, -0.1) is 0 Å². The van der Waals surface area contributed by atoms with Crippen molar-refractivity contribution in [3.05, 3.63) is 35.7 Å². The van der Waals surface area contributed by atoms with Crippen molar-refractivity contribution < 1.29 is 9.32 Å². The maximum absolute atomic E-state index is 12.3. The summed E-state index contributed by atoms with van der Waals surface area (Å²) in [7, 11) is 0. The molecule has 25 heavy (non-hydrogen) atoms. The number of piperazine rings is 1. The highest BCUT2D eigenvalue weighted by molar-refractivity contribution is 5.79. The first-order chi connectivity index (χ1) is 12.2. The Kier molecular flexibility index (Phi) is 4.53. The van der Waals surface area contributed by atoms with Gasteiger partial charge in [0.1, 0.15) is 0 Å². The van der Waals surface area contributed by atoms with Gasteiger partial charge in [0, 0.05) is 37.7 Å². The molecule has 6 heteroatoms. The van der Waals surface area contributed by atoms with Crippen molar-refractivity contribution in [2.24, 2.45) is 5.92 Å². The molecule has 2 heterocycles. The summed E-state index contributed by atoms with van der Waals surface area (Å²) in [4.78, 5) is 21.1. The van der Waals surface area contributed by atoms with Gasteiger partial charge in [0.25, 0.3) is 5.89 Å². The van der Waals surface area contributed by atoms with E-state index in [2.05, 4.69) is 22.0 Å². The normalized spacial score (nSPS) is 19.0. The van der Waals surface area contributed by atoms with E-state index in [4.69, 9.17) is 4.52 Å². The Morgan fingerprint density at radius 3 is 2.52 bits per heavy atom. The Balaban J connectivity index is 1.31. The number of carbonyl (C=O) groups is 1. The molecule has 1 amide bonds. The molecule has 4 rings (SSSR count). The van der Waals surface area contributed by atoms with E-state index < -0.39 is 0 Å². The summed E-state index contributed by atoms with van der Waals surface area (Å²) in [5, 5.41) is 4.11. The monoisotopic (exact) mass is 340 g/mol. The molecule has 6 nitrogen and oxygen atoms in total. The number of amides is 1. The first-order valence-electron chi connectivity index (χ1n) is 9.10. The number of aromatic nitrogens is 2. The van der Waals surface area contributed by atoms with E-state index in [1.165, 1.54) is 12.0 Å².